The van der Waals surface area contributed by atoms with Crippen LogP contribution in [0.2, 0.25) is 0 Å². The van der Waals surface area contributed by atoms with Crippen LogP contribution in [0.5, 0.6) is 0 Å². The van der Waals surface area contributed by atoms with E-state index in [-0.39, 0.29) is 11.5 Å². The number of para-hydroxylation sites is 1. The van der Waals surface area contributed by atoms with Gasteiger partial charge in [0.15, 0.2) is 0 Å². The second-order valence-corrected chi connectivity index (χ2v) is 4.64. The number of anilines is 1. The summed E-state index contributed by atoms with van der Waals surface area (Å²) in [5.74, 6) is -0.269. The number of nitriles is 1. The predicted molar refractivity (Wildman–Crippen MR) is 75.5 cm³/mol. The lowest BCUT2D eigenvalue weighted by atomic mass is 10.0. The van der Waals surface area contributed by atoms with Crippen LogP contribution in [0, 0.1) is 18.3 Å². The van der Waals surface area contributed by atoms with Crippen LogP contribution in [0.1, 0.15) is 25.0 Å². The summed E-state index contributed by atoms with van der Waals surface area (Å²) < 4.78 is 0. The molecule has 1 aliphatic rings. The maximum absolute atomic E-state index is 12.4. The fourth-order valence-corrected chi connectivity index (χ4v) is 2.40. The molecule has 0 unspecified atom stereocenters. The van der Waals surface area contributed by atoms with Crippen molar-refractivity contribution in [2.45, 2.75) is 27.2 Å². The van der Waals surface area contributed by atoms with Crippen molar-refractivity contribution in [3.8, 4) is 6.07 Å². The molecule has 0 bridgehead atoms. The second kappa shape index (κ2) is 4.74. The first-order valence-electron chi connectivity index (χ1n) is 6.26. The van der Waals surface area contributed by atoms with Crippen molar-refractivity contribution in [2.75, 3.05) is 4.90 Å². The van der Waals surface area contributed by atoms with Crippen molar-refractivity contribution in [3.05, 3.63) is 52.7 Å². The van der Waals surface area contributed by atoms with Crippen LogP contribution in [0.3, 0.4) is 0 Å². The number of aryl methyl sites for hydroxylation is 2. The Bertz CT molecular complexity index is 647. The Kier molecular flexibility index (Phi) is 3.26. The molecular formula is C16H16N2O. The molecule has 0 spiro atoms. The molecule has 0 saturated heterocycles. The van der Waals surface area contributed by atoms with Crippen LogP contribution in [0.4, 0.5) is 5.69 Å². The van der Waals surface area contributed by atoms with E-state index in [1.165, 1.54) is 0 Å². The zero-order valence-corrected chi connectivity index (χ0v) is 11.4. The number of rotatable bonds is 2. The van der Waals surface area contributed by atoms with Crippen molar-refractivity contribution in [2.24, 2.45) is 0 Å². The van der Waals surface area contributed by atoms with Gasteiger partial charge in [0.05, 0.1) is 5.69 Å². The zero-order chi connectivity index (χ0) is 14.2. The molecular weight excluding hydrogens is 236 g/mol. The van der Waals surface area contributed by atoms with Gasteiger partial charge in [0.1, 0.15) is 11.6 Å². The maximum atomic E-state index is 12.4. The van der Waals surface area contributed by atoms with E-state index in [4.69, 9.17) is 5.26 Å². The third kappa shape index (κ3) is 1.86. The normalized spacial score (nSPS) is 15.2. The van der Waals surface area contributed by atoms with Gasteiger partial charge in [-0.15, -0.1) is 0 Å². The van der Waals surface area contributed by atoms with Gasteiger partial charge in [0.25, 0.3) is 5.91 Å². The predicted octanol–water partition coefficient (Wildman–Crippen LogP) is 3.26. The minimum absolute atomic E-state index is 0.190. The lowest BCUT2D eigenvalue weighted by molar-refractivity contribution is -0.113. The highest BCUT2D eigenvalue weighted by Crippen LogP contribution is 2.36. The minimum Gasteiger partial charge on any atom is -0.276 e. The number of allylic oxidation sites excluding steroid dienone is 1. The minimum atomic E-state index is -0.269. The molecule has 1 amide bonds. The fraction of sp³-hybridized carbons (Fsp3) is 0.250. The van der Waals surface area contributed by atoms with Gasteiger partial charge < -0.3 is 0 Å². The van der Waals surface area contributed by atoms with Crippen LogP contribution >= 0.6 is 0 Å². The number of carbonyl (C=O) groups is 1. The molecule has 3 nitrogen and oxygen atoms in total. The summed E-state index contributed by atoms with van der Waals surface area (Å²) in [6.07, 6.45) is 0.828. The summed E-state index contributed by atoms with van der Waals surface area (Å²) in [5.41, 5.74) is 4.42. The van der Waals surface area contributed by atoms with Crippen LogP contribution in [0.25, 0.3) is 0 Å². The van der Waals surface area contributed by atoms with Gasteiger partial charge in [-0.05, 0) is 37.0 Å². The third-order valence-electron chi connectivity index (χ3n) is 3.53. The van der Waals surface area contributed by atoms with Crippen LogP contribution < -0.4 is 4.90 Å². The van der Waals surface area contributed by atoms with E-state index in [9.17, 15) is 4.79 Å². The first-order valence-corrected chi connectivity index (χ1v) is 6.26. The molecule has 0 atom stereocenters. The Balaban J connectivity index is 2.61. The van der Waals surface area contributed by atoms with E-state index < -0.39 is 0 Å². The average Bonchev–Trinajstić information content (AvgIpc) is 2.61. The van der Waals surface area contributed by atoms with E-state index in [1.807, 2.05) is 38.1 Å². The van der Waals surface area contributed by atoms with Gasteiger partial charge in [-0.2, -0.15) is 5.26 Å². The highest BCUT2D eigenvalue weighted by atomic mass is 16.2. The summed E-state index contributed by atoms with van der Waals surface area (Å²) in [7, 11) is 0. The number of benzene rings is 1. The standard InChI is InChI=1S/C16H16N2O/c1-5-13-8-6-7-10(2)15(13)18-12(4)11(3)14(9-17)16(18)19/h6-8H,4-5H2,1-3H3. The summed E-state index contributed by atoms with van der Waals surface area (Å²) in [4.78, 5) is 13.9. The Hall–Kier alpha value is -2.34. The molecule has 2 rings (SSSR count). The van der Waals surface area contributed by atoms with E-state index in [1.54, 1.807) is 11.8 Å². The maximum Gasteiger partial charge on any atom is 0.273 e. The summed E-state index contributed by atoms with van der Waals surface area (Å²) in [6.45, 7) is 9.74. The van der Waals surface area contributed by atoms with Gasteiger partial charge in [-0.25, -0.2) is 0 Å². The average molecular weight is 252 g/mol. The van der Waals surface area contributed by atoms with Crippen molar-refractivity contribution in [1.82, 2.24) is 0 Å². The van der Waals surface area contributed by atoms with E-state index in [0.717, 1.165) is 23.2 Å². The molecule has 0 aromatic heterocycles. The highest BCUT2D eigenvalue weighted by molar-refractivity contribution is 6.16. The van der Waals surface area contributed by atoms with Crippen LogP contribution in [0.15, 0.2) is 41.6 Å². The lowest BCUT2D eigenvalue weighted by Gasteiger charge is -2.23. The molecule has 0 N–H and O–H groups in total. The Morgan fingerprint density at radius 3 is 2.58 bits per heavy atom. The van der Waals surface area contributed by atoms with E-state index >= 15 is 0 Å². The first-order chi connectivity index (χ1) is 9.02. The monoisotopic (exact) mass is 252 g/mol. The van der Waals surface area contributed by atoms with Gasteiger partial charge >= 0.3 is 0 Å². The van der Waals surface area contributed by atoms with E-state index in [2.05, 4.69) is 6.58 Å². The molecule has 1 heterocycles. The second-order valence-electron chi connectivity index (χ2n) is 4.64. The molecule has 0 aliphatic carbocycles. The summed E-state index contributed by atoms with van der Waals surface area (Å²) >= 11 is 0. The summed E-state index contributed by atoms with van der Waals surface area (Å²) in [6, 6.07) is 7.93. The molecule has 1 aliphatic heterocycles. The number of hydrogen-bond donors (Lipinski definition) is 0. The summed E-state index contributed by atoms with van der Waals surface area (Å²) in [5, 5.41) is 9.09. The SMILES string of the molecule is C=C1C(C)=C(C#N)C(=O)N1c1c(C)cccc1CC. The molecule has 1 aromatic rings. The quantitative estimate of drug-likeness (QED) is 0.811. The van der Waals surface area contributed by atoms with Gasteiger partial charge in [-0.3, -0.25) is 9.69 Å². The first kappa shape index (κ1) is 13.1. The van der Waals surface area contributed by atoms with Crippen molar-refractivity contribution >= 4 is 11.6 Å². The van der Waals surface area contributed by atoms with Crippen molar-refractivity contribution in [1.29, 1.82) is 5.26 Å². The third-order valence-corrected chi connectivity index (χ3v) is 3.53. The number of carbonyl (C=O) groups excluding carboxylic acids is 1. The Labute approximate surface area is 113 Å². The number of hydrogen-bond acceptors (Lipinski definition) is 2. The molecule has 0 radical (unpaired) electrons. The largest absolute Gasteiger partial charge is 0.276 e. The number of amides is 1. The smallest absolute Gasteiger partial charge is 0.273 e. The molecule has 19 heavy (non-hydrogen) atoms. The molecule has 0 saturated carbocycles. The fourth-order valence-electron chi connectivity index (χ4n) is 2.40. The van der Waals surface area contributed by atoms with Crippen LogP contribution in [-0.2, 0) is 11.2 Å². The topological polar surface area (TPSA) is 44.1 Å². The van der Waals surface area contributed by atoms with Crippen molar-refractivity contribution < 1.29 is 4.79 Å². The van der Waals surface area contributed by atoms with Crippen molar-refractivity contribution in [3.63, 3.8) is 0 Å². The molecule has 0 fully saturated rings. The van der Waals surface area contributed by atoms with Gasteiger partial charge in [-0.1, -0.05) is 31.7 Å². The van der Waals surface area contributed by atoms with Gasteiger partial charge in [0.2, 0.25) is 0 Å². The Morgan fingerprint density at radius 1 is 1.37 bits per heavy atom. The Morgan fingerprint density at radius 2 is 2.05 bits per heavy atom. The molecule has 1 aromatic carbocycles. The van der Waals surface area contributed by atoms with Crippen LogP contribution in [-0.4, -0.2) is 5.91 Å². The zero-order valence-electron chi connectivity index (χ0n) is 11.4. The van der Waals surface area contributed by atoms with E-state index in [0.29, 0.717) is 11.3 Å². The van der Waals surface area contributed by atoms with Gasteiger partial charge in [0, 0.05) is 5.70 Å². The molecule has 3 heteroatoms. The molecule has 96 valence electrons. The lowest BCUT2D eigenvalue weighted by Crippen LogP contribution is -2.26. The highest BCUT2D eigenvalue weighted by Gasteiger charge is 2.34. The number of nitrogens with zero attached hydrogens (tertiary/aromatic N) is 2.